The second-order valence-electron chi connectivity index (χ2n) is 11.5. The minimum absolute atomic E-state index is 0.0339. The molecule has 0 saturated carbocycles. The van der Waals surface area contributed by atoms with E-state index in [4.69, 9.17) is 11.1 Å². The van der Waals surface area contributed by atoms with Gasteiger partial charge in [0.2, 0.25) is 23.5 Å². The molecule has 5 rings (SSSR count). The van der Waals surface area contributed by atoms with E-state index >= 15 is 0 Å². The zero-order valence-corrected chi connectivity index (χ0v) is 24.8. The first-order valence-corrected chi connectivity index (χ1v) is 15.5. The fourth-order valence-corrected chi connectivity index (χ4v) is 7.16. The van der Waals surface area contributed by atoms with Crippen molar-refractivity contribution < 1.29 is 19.2 Å². The van der Waals surface area contributed by atoms with Crippen LogP contribution in [0.5, 0.6) is 0 Å². The van der Waals surface area contributed by atoms with Crippen LogP contribution in [0.4, 0.5) is 0 Å². The summed E-state index contributed by atoms with van der Waals surface area (Å²) < 4.78 is 0. The minimum atomic E-state index is -0.701. The van der Waals surface area contributed by atoms with E-state index in [1.165, 1.54) is 16.2 Å². The monoisotopic (exact) mass is 593 g/mol. The van der Waals surface area contributed by atoms with Gasteiger partial charge < -0.3 is 25.3 Å². The number of guanidine groups is 1. The van der Waals surface area contributed by atoms with Crippen molar-refractivity contribution in [2.45, 2.75) is 63.1 Å². The van der Waals surface area contributed by atoms with Gasteiger partial charge >= 0.3 is 0 Å². The van der Waals surface area contributed by atoms with Crippen LogP contribution in [0.25, 0.3) is 0 Å². The predicted octanol–water partition coefficient (Wildman–Crippen LogP) is 1.98. The van der Waals surface area contributed by atoms with E-state index in [1.807, 2.05) is 35.2 Å². The van der Waals surface area contributed by atoms with Crippen LogP contribution >= 0.6 is 11.3 Å². The van der Waals surface area contributed by atoms with Crippen molar-refractivity contribution in [3.05, 3.63) is 52.5 Å². The van der Waals surface area contributed by atoms with Crippen molar-refractivity contribution in [2.24, 2.45) is 11.7 Å². The number of piperazine rings is 1. The molecule has 3 fully saturated rings. The number of fused-ring (bicyclic) bond motifs is 1. The van der Waals surface area contributed by atoms with Gasteiger partial charge in [0.25, 0.3) is 0 Å². The summed E-state index contributed by atoms with van der Waals surface area (Å²) in [6, 6.07) is 8.24. The minimum Gasteiger partial charge on any atom is -0.370 e. The number of aromatic nitrogens is 1. The van der Waals surface area contributed by atoms with Crippen molar-refractivity contribution >= 4 is 40.8 Å². The Bertz CT molecular complexity index is 1300. The number of Topliss-reactive ketones (excluding diaryl/α,β-unsaturated/α-hetero) is 1. The van der Waals surface area contributed by atoms with E-state index in [-0.39, 0.29) is 48.0 Å². The maximum absolute atomic E-state index is 13.9. The highest BCUT2D eigenvalue weighted by Crippen LogP contribution is 2.32. The number of amides is 3. The lowest BCUT2D eigenvalue weighted by Gasteiger charge is -2.41. The first-order valence-electron chi connectivity index (χ1n) is 14.6. The number of nitrogens with zero attached hydrogens (tertiary/aromatic N) is 5. The van der Waals surface area contributed by atoms with Gasteiger partial charge in [-0.3, -0.25) is 24.6 Å². The van der Waals surface area contributed by atoms with Crippen molar-refractivity contribution in [1.29, 1.82) is 5.41 Å². The second kappa shape index (κ2) is 13.0. The average molecular weight is 594 g/mol. The fourth-order valence-electron chi connectivity index (χ4n) is 6.53. The van der Waals surface area contributed by atoms with Crippen LogP contribution in [-0.4, -0.2) is 105 Å². The lowest BCUT2D eigenvalue weighted by atomic mass is 9.88. The number of hydrogen-bond donors (Lipinski definition) is 2. The number of carbonyl (C=O) groups is 4. The lowest BCUT2D eigenvalue weighted by molar-refractivity contribution is -0.153. The SMILES string of the molecule is CN(C(=O)C1CC[C@H]2CN(C(=O)CCc3ccccc3)CC(=O)N12)C(CC1CCN(C(=N)N)CC1)C(=O)c1nccs1. The third-order valence-electron chi connectivity index (χ3n) is 8.93. The highest BCUT2D eigenvalue weighted by Gasteiger charge is 2.47. The van der Waals surface area contributed by atoms with E-state index in [9.17, 15) is 19.2 Å². The summed E-state index contributed by atoms with van der Waals surface area (Å²) >= 11 is 1.26. The molecule has 2 unspecified atom stereocenters. The molecule has 3 amide bonds. The molecule has 0 spiro atoms. The Balaban J connectivity index is 1.24. The predicted molar refractivity (Wildman–Crippen MR) is 159 cm³/mol. The van der Waals surface area contributed by atoms with E-state index in [0.717, 1.165) is 18.4 Å². The number of rotatable bonds is 9. The maximum Gasteiger partial charge on any atom is 0.245 e. The van der Waals surface area contributed by atoms with Gasteiger partial charge in [0, 0.05) is 44.7 Å². The Kier molecular flexibility index (Phi) is 9.20. The third-order valence-corrected chi connectivity index (χ3v) is 9.72. The van der Waals surface area contributed by atoms with Crippen LogP contribution in [0, 0.1) is 11.3 Å². The molecule has 224 valence electrons. The lowest BCUT2D eigenvalue weighted by Crippen LogP contribution is -2.60. The van der Waals surface area contributed by atoms with Gasteiger partial charge in [0.15, 0.2) is 11.0 Å². The van der Waals surface area contributed by atoms with Gasteiger partial charge in [-0.05, 0) is 50.0 Å². The first kappa shape index (κ1) is 29.7. The number of thiazole rings is 1. The molecule has 3 aliphatic heterocycles. The molecule has 3 saturated heterocycles. The molecule has 11 nitrogen and oxygen atoms in total. The van der Waals surface area contributed by atoms with Crippen LogP contribution in [0.15, 0.2) is 41.9 Å². The van der Waals surface area contributed by atoms with Crippen LogP contribution in [0.2, 0.25) is 0 Å². The van der Waals surface area contributed by atoms with Crippen molar-refractivity contribution in [1.82, 2.24) is 24.6 Å². The second-order valence-corrected chi connectivity index (χ2v) is 12.4. The van der Waals surface area contributed by atoms with Gasteiger partial charge in [-0.1, -0.05) is 30.3 Å². The number of benzene rings is 1. The Morgan fingerprint density at radius 3 is 2.52 bits per heavy atom. The molecular weight excluding hydrogens is 554 g/mol. The summed E-state index contributed by atoms with van der Waals surface area (Å²) in [5.41, 5.74) is 6.73. The quantitative estimate of drug-likeness (QED) is 0.257. The zero-order valence-electron chi connectivity index (χ0n) is 24.0. The average Bonchev–Trinajstić information content (AvgIpc) is 3.69. The van der Waals surface area contributed by atoms with Crippen molar-refractivity contribution in [3.8, 4) is 0 Å². The molecule has 1 aromatic heterocycles. The number of carbonyl (C=O) groups excluding carboxylic acids is 4. The van der Waals surface area contributed by atoms with E-state index in [1.54, 1.807) is 28.4 Å². The summed E-state index contributed by atoms with van der Waals surface area (Å²) in [4.78, 5) is 64.7. The highest BCUT2D eigenvalue weighted by atomic mass is 32.1. The topological polar surface area (TPSA) is 144 Å². The Labute approximate surface area is 250 Å². The van der Waals surface area contributed by atoms with E-state index < -0.39 is 12.1 Å². The number of nitrogens with two attached hydrogens (primary N) is 1. The molecule has 1 aromatic carbocycles. The van der Waals surface area contributed by atoms with Crippen molar-refractivity contribution in [2.75, 3.05) is 33.2 Å². The molecule has 3 aliphatic rings. The first-order chi connectivity index (χ1) is 20.2. The van der Waals surface area contributed by atoms with Gasteiger partial charge in [0.05, 0.1) is 18.6 Å². The molecule has 0 aliphatic carbocycles. The molecule has 4 heterocycles. The third kappa shape index (κ3) is 6.48. The Morgan fingerprint density at radius 1 is 1.12 bits per heavy atom. The molecule has 3 N–H and O–H groups in total. The van der Waals surface area contributed by atoms with Gasteiger partial charge in [-0.25, -0.2) is 4.98 Å². The summed E-state index contributed by atoms with van der Waals surface area (Å²) in [5, 5.41) is 9.81. The number of ketones is 1. The molecule has 0 radical (unpaired) electrons. The molecule has 42 heavy (non-hydrogen) atoms. The summed E-state index contributed by atoms with van der Waals surface area (Å²) in [6.45, 7) is 1.67. The normalized spacial score (nSPS) is 21.6. The van der Waals surface area contributed by atoms with Crippen molar-refractivity contribution in [3.63, 3.8) is 0 Å². The molecule has 0 bridgehead atoms. The van der Waals surface area contributed by atoms with Gasteiger partial charge in [-0.2, -0.15) is 0 Å². The zero-order chi connectivity index (χ0) is 29.8. The fraction of sp³-hybridized carbons (Fsp3) is 0.533. The number of nitrogens with one attached hydrogen (secondary N) is 1. The Morgan fingerprint density at radius 2 is 1.86 bits per heavy atom. The maximum atomic E-state index is 13.9. The highest BCUT2D eigenvalue weighted by molar-refractivity contribution is 7.11. The molecular formula is C30H39N7O4S. The summed E-state index contributed by atoms with van der Waals surface area (Å²) in [7, 11) is 1.66. The largest absolute Gasteiger partial charge is 0.370 e. The van der Waals surface area contributed by atoms with E-state index in [0.29, 0.717) is 56.7 Å². The molecule has 12 heteroatoms. The molecule has 3 atom stereocenters. The van der Waals surface area contributed by atoms with E-state index in [2.05, 4.69) is 4.98 Å². The van der Waals surface area contributed by atoms with Crippen LogP contribution in [0.1, 0.15) is 53.9 Å². The number of aryl methyl sites for hydroxylation is 1. The van der Waals surface area contributed by atoms with Gasteiger partial charge in [-0.15, -0.1) is 11.3 Å². The number of hydrogen-bond acceptors (Lipinski definition) is 7. The Hall–Kier alpha value is -3.80. The smallest absolute Gasteiger partial charge is 0.245 e. The standard InChI is InChI=1S/C30H39N7O4S/c1-34(24(27(40)28-33-13-16-42-28)17-21-11-14-35(15-12-21)30(31)32)29(41)23-9-8-22-18-36(19-26(39)37(22)23)25(38)10-7-20-5-3-2-4-6-20/h2-6,13,16,21-24H,7-12,14-15,17-19H2,1H3,(H3,31,32)/t22-,23?,24?/m0/s1. The molecule has 2 aromatic rings. The van der Waals surface area contributed by atoms with Crippen LogP contribution in [-0.2, 0) is 20.8 Å². The summed E-state index contributed by atoms with van der Waals surface area (Å²) in [6.07, 6.45) is 5.70. The number of likely N-dealkylation sites (tertiary alicyclic amines) is 1. The van der Waals surface area contributed by atoms with Gasteiger partial charge in [0.1, 0.15) is 6.04 Å². The number of likely N-dealkylation sites (N-methyl/N-ethyl adjacent to an activating group) is 1. The number of piperidine rings is 1. The summed E-state index contributed by atoms with van der Waals surface area (Å²) in [5.74, 6) is -0.468. The van der Waals surface area contributed by atoms with Crippen LogP contribution in [0.3, 0.4) is 0 Å². The van der Waals surface area contributed by atoms with Crippen LogP contribution < -0.4 is 5.73 Å².